The van der Waals surface area contributed by atoms with Gasteiger partial charge in [0, 0.05) is 10.0 Å². The van der Waals surface area contributed by atoms with Crippen molar-refractivity contribution in [2.75, 3.05) is 5.32 Å². The summed E-state index contributed by atoms with van der Waals surface area (Å²) in [5, 5.41) is 21.2. The third-order valence-corrected chi connectivity index (χ3v) is 3.41. The number of rotatable bonds is 3. The summed E-state index contributed by atoms with van der Waals surface area (Å²) in [6, 6.07) is 8.99. The lowest BCUT2D eigenvalue weighted by atomic mass is 10.1. The Labute approximate surface area is 129 Å². The molecule has 0 bridgehead atoms. The number of halogens is 1. The predicted molar refractivity (Wildman–Crippen MR) is 81.9 cm³/mol. The van der Waals surface area contributed by atoms with Gasteiger partial charge < -0.3 is 15.5 Å². The van der Waals surface area contributed by atoms with Crippen LogP contribution in [0.25, 0.3) is 0 Å². The molecule has 0 saturated heterocycles. The number of phenolic OH excluding ortho intramolecular Hbond substituents is 1. The van der Waals surface area contributed by atoms with E-state index in [1.807, 2.05) is 0 Å². The predicted octanol–water partition coefficient (Wildman–Crippen LogP) is 3.41. The van der Waals surface area contributed by atoms with Gasteiger partial charge in [0.25, 0.3) is 5.91 Å². The number of amides is 1. The normalized spacial score (nSPS) is 10.2. The van der Waals surface area contributed by atoms with E-state index in [0.29, 0.717) is 15.6 Å². The number of carboxylic acid groups (broad SMARTS) is 1. The van der Waals surface area contributed by atoms with E-state index >= 15 is 0 Å². The first-order valence-electron chi connectivity index (χ1n) is 6.02. The van der Waals surface area contributed by atoms with Gasteiger partial charge in [-0.15, -0.1) is 0 Å². The SMILES string of the molecule is Cc1cc(C(=O)Nc2ccc(Br)cc2C(=O)O)ccc1O. The Morgan fingerprint density at radius 2 is 1.86 bits per heavy atom. The monoisotopic (exact) mass is 349 g/mol. The molecule has 108 valence electrons. The highest BCUT2D eigenvalue weighted by atomic mass is 79.9. The highest BCUT2D eigenvalue weighted by molar-refractivity contribution is 9.10. The Bertz CT molecular complexity index is 728. The van der Waals surface area contributed by atoms with E-state index in [1.54, 1.807) is 13.0 Å². The van der Waals surface area contributed by atoms with Crippen molar-refractivity contribution in [3.8, 4) is 5.75 Å². The molecule has 2 aromatic rings. The second-order valence-corrected chi connectivity index (χ2v) is 5.37. The van der Waals surface area contributed by atoms with Gasteiger partial charge in [-0.2, -0.15) is 0 Å². The maximum Gasteiger partial charge on any atom is 0.337 e. The summed E-state index contributed by atoms with van der Waals surface area (Å²) in [5.41, 5.74) is 1.11. The zero-order chi connectivity index (χ0) is 15.6. The minimum atomic E-state index is -1.13. The van der Waals surface area contributed by atoms with Crippen molar-refractivity contribution < 1.29 is 19.8 Å². The topological polar surface area (TPSA) is 86.6 Å². The van der Waals surface area contributed by atoms with E-state index in [0.717, 1.165) is 0 Å². The molecule has 0 aromatic heterocycles. The van der Waals surface area contributed by atoms with Gasteiger partial charge in [0.15, 0.2) is 0 Å². The molecule has 0 aliphatic carbocycles. The van der Waals surface area contributed by atoms with E-state index in [1.165, 1.54) is 30.3 Å². The van der Waals surface area contributed by atoms with Crippen molar-refractivity contribution in [3.05, 3.63) is 57.6 Å². The van der Waals surface area contributed by atoms with Crippen LogP contribution in [-0.2, 0) is 0 Å². The van der Waals surface area contributed by atoms with Crippen molar-refractivity contribution >= 4 is 33.5 Å². The summed E-state index contributed by atoms with van der Waals surface area (Å²) in [6.07, 6.45) is 0. The number of anilines is 1. The van der Waals surface area contributed by atoms with Gasteiger partial charge in [0.2, 0.25) is 0 Å². The summed E-state index contributed by atoms with van der Waals surface area (Å²) in [6.45, 7) is 1.68. The van der Waals surface area contributed by atoms with Crippen LogP contribution in [0.2, 0.25) is 0 Å². The van der Waals surface area contributed by atoms with E-state index in [2.05, 4.69) is 21.2 Å². The maximum absolute atomic E-state index is 12.1. The average molecular weight is 350 g/mol. The van der Waals surface area contributed by atoms with Crippen LogP contribution in [0.3, 0.4) is 0 Å². The molecule has 0 saturated carbocycles. The maximum atomic E-state index is 12.1. The molecule has 6 heteroatoms. The summed E-state index contributed by atoms with van der Waals surface area (Å²) in [4.78, 5) is 23.3. The Balaban J connectivity index is 2.31. The van der Waals surface area contributed by atoms with E-state index < -0.39 is 11.9 Å². The highest BCUT2D eigenvalue weighted by Gasteiger charge is 2.14. The minimum absolute atomic E-state index is 0.00627. The molecule has 3 N–H and O–H groups in total. The molecule has 5 nitrogen and oxygen atoms in total. The summed E-state index contributed by atoms with van der Waals surface area (Å²) >= 11 is 3.19. The molecule has 0 heterocycles. The van der Waals surface area contributed by atoms with Crippen LogP contribution in [0.1, 0.15) is 26.3 Å². The number of benzene rings is 2. The van der Waals surface area contributed by atoms with Gasteiger partial charge >= 0.3 is 5.97 Å². The lowest BCUT2D eigenvalue weighted by Crippen LogP contribution is -2.15. The van der Waals surface area contributed by atoms with Crippen molar-refractivity contribution in [3.63, 3.8) is 0 Å². The zero-order valence-corrected chi connectivity index (χ0v) is 12.6. The van der Waals surface area contributed by atoms with Gasteiger partial charge in [-0.1, -0.05) is 15.9 Å². The van der Waals surface area contributed by atoms with Crippen LogP contribution in [0, 0.1) is 6.92 Å². The molecule has 0 atom stereocenters. The molecule has 0 aliphatic heterocycles. The fourth-order valence-corrected chi connectivity index (χ4v) is 2.15. The third-order valence-electron chi connectivity index (χ3n) is 2.92. The second-order valence-electron chi connectivity index (χ2n) is 4.45. The molecule has 0 aliphatic rings. The molecule has 2 rings (SSSR count). The Kier molecular flexibility index (Phi) is 4.28. The van der Waals surface area contributed by atoms with Gasteiger partial charge in [-0.25, -0.2) is 4.79 Å². The number of hydrogen-bond donors (Lipinski definition) is 3. The molecule has 1 amide bonds. The standard InChI is InChI=1S/C15H12BrNO4/c1-8-6-9(2-5-13(8)18)14(19)17-12-4-3-10(16)7-11(12)15(20)21/h2-7,18H,1H3,(H,17,19)(H,20,21). The second kappa shape index (κ2) is 5.97. The van der Waals surface area contributed by atoms with E-state index in [4.69, 9.17) is 5.11 Å². The molecule has 0 fully saturated rings. The van der Waals surface area contributed by atoms with E-state index in [9.17, 15) is 14.7 Å². The van der Waals surface area contributed by atoms with Crippen molar-refractivity contribution in [1.82, 2.24) is 0 Å². The summed E-state index contributed by atoms with van der Waals surface area (Å²) < 4.78 is 0.610. The third kappa shape index (κ3) is 3.41. The van der Waals surface area contributed by atoms with Crippen LogP contribution >= 0.6 is 15.9 Å². The Morgan fingerprint density at radius 3 is 2.48 bits per heavy atom. The number of carbonyl (C=O) groups excluding carboxylic acids is 1. The van der Waals surface area contributed by atoms with Gasteiger partial charge in [-0.05, 0) is 48.9 Å². The largest absolute Gasteiger partial charge is 0.508 e. The van der Waals surface area contributed by atoms with Crippen LogP contribution in [0.4, 0.5) is 5.69 Å². The summed E-state index contributed by atoms with van der Waals surface area (Å²) in [7, 11) is 0. The lowest BCUT2D eigenvalue weighted by molar-refractivity contribution is 0.0698. The molecule has 2 aromatic carbocycles. The Morgan fingerprint density at radius 1 is 1.14 bits per heavy atom. The Hall–Kier alpha value is -2.34. The van der Waals surface area contributed by atoms with Gasteiger partial charge in [0.05, 0.1) is 11.3 Å². The van der Waals surface area contributed by atoms with Crippen LogP contribution < -0.4 is 5.32 Å². The van der Waals surface area contributed by atoms with Crippen molar-refractivity contribution in [1.29, 1.82) is 0 Å². The van der Waals surface area contributed by atoms with E-state index in [-0.39, 0.29) is 17.0 Å². The molecular formula is C15H12BrNO4. The first-order valence-corrected chi connectivity index (χ1v) is 6.81. The summed E-state index contributed by atoms with van der Waals surface area (Å²) in [5.74, 6) is -1.47. The number of aromatic hydroxyl groups is 1. The lowest BCUT2D eigenvalue weighted by Gasteiger charge is -2.10. The van der Waals surface area contributed by atoms with Crippen molar-refractivity contribution in [2.45, 2.75) is 6.92 Å². The van der Waals surface area contributed by atoms with Crippen LogP contribution in [-0.4, -0.2) is 22.1 Å². The fraction of sp³-hybridized carbons (Fsp3) is 0.0667. The zero-order valence-electron chi connectivity index (χ0n) is 11.1. The molecule has 0 spiro atoms. The number of aryl methyl sites for hydroxylation is 1. The molecule has 0 unspecified atom stereocenters. The smallest absolute Gasteiger partial charge is 0.337 e. The minimum Gasteiger partial charge on any atom is -0.508 e. The molecule has 21 heavy (non-hydrogen) atoms. The number of aromatic carboxylic acids is 1. The first-order chi connectivity index (χ1) is 9.88. The highest BCUT2D eigenvalue weighted by Crippen LogP contribution is 2.23. The molecular weight excluding hydrogens is 338 g/mol. The fourth-order valence-electron chi connectivity index (χ4n) is 1.79. The van der Waals surface area contributed by atoms with Gasteiger partial charge in [-0.3, -0.25) is 4.79 Å². The van der Waals surface area contributed by atoms with Crippen LogP contribution in [0.15, 0.2) is 40.9 Å². The molecule has 0 radical (unpaired) electrons. The number of carbonyl (C=O) groups is 2. The number of phenols is 1. The number of hydrogen-bond acceptors (Lipinski definition) is 3. The number of carboxylic acids is 1. The number of nitrogens with one attached hydrogen (secondary N) is 1. The first kappa shape index (κ1) is 15.1. The average Bonchev–Trinajstić information content (AvgIpc) is 2.43. The quantitative estimate of drug-likeness (QED) is 0.792. The van der Waals surface area contributed by atoms with Crippen molar-refractivity contribution in [2.24, 2.45) is 0 Å². The van der Waals surface area contributed by atoms with Crippen LogP contribution in [0.5, 0.6) is 5.75 Å². The van der Waals surface area contributed by atoms with Gasteiger partial charge in [0.1, 0.15) is 5.75 Å².